The third-order valence-corrected chi connectivity index (χ3v) is 5.59. The number of amides is 1. The summed E-state index contributed by atoms with van der Waals surface area (Å²) < 4.78 is 49.8. The Balaban J connectivity index is 2.41. The molecule has 0 aliphatic rings. The summed E-state index contributed by atoms with van der Waals surface area (Å²) in [6.45, 7) is 0. The average Bonchev–Trinajstić information content (AvgIpc) is 2.46. The first-order valence-electron chi connectivity index (χ1n) is 5.92. The molecule has 0 atom stereocenters. The van der Waals surface area contributed by atoms with E-state index in [4.69, 9.17) is 5.14 Å². The van der Waals surface area contributed by atoms with E-state index in [2.05, 4.69) is 20.9 Å². The number of aromatic nitrogens is 1. The van der Waals surface area contributed by atoms with E-state index in [0.717, 1.165) is 12.1 Å². The highest BCUT2D eigenvalue weighted by Gasteiger charge is 2.26. The third kappa shape index (κ3) is 4.13. The van der Waals surface area contributed by atoms with Gasteiger partial charge in [0.15, 0.2) is 0 Å². The van der Waals surface area contributed by atoms with E-state index < -0.39 is 35.7 Å². The maximum atomic E-state index is 12.3. The van der Waals surface area contributed by atoms with Crippen LogP contribution < -0.4 is 9.86 Å². The van der Waals surface area contributed by atoms with Gasteiger partial charge in [-0.1, -0.05) is 12.1 Å². The molecule has 0 bridgehead atoms. The lowest BCUT2D eigenvalue weighted by Crippen LogP contribution is -2.32. The number of carbonyl (C=O) groups excluding carboxylic acids is 1. The Bertz CT molecular complexity index is 956. The first kappa shape index (κ1) is 17.5. The van der Waals surface area contributed by atoms with Crippen LogP contribution in [-0.2, 0) is 20.0 Å². The van der Waals surface area contributed by atoms with Crippen molar-refractivity contribution in [3.8, 4) is 0 Å². The largest absolute Gasteiger partial charge is 0.283 e. The number of carbonyl (C=O) groups is 1. The topological polar surface area (TPSA) is 136 Å². The van der Waals surface area contributed by atoms with Crippen molar-refractivity contribution in [1.29, 1.82) is 0 Å². The van der Waals surface area contributed by atoms with Crippen molar-refractivity contribution in [1.82, 2.24) is 9.71 Å². The van der Waals surface area contributed by atoms with Gasteiger partial charge in [-0.25, -0.2) is 31.7 Å². The quantitative estimate of drug-likeness (QED) is 0.744. The fourth-order valence-electron chi connectivity index (χ4n) is 1.65. The molecular formula is C12H10BrN3O5S2. The molecule has 122 valence electrons. The number of hydrogen-bond acceptors (Lipinski definition) is 6. The molecule has 23 heavy (non-hydrogen) atoms. The number of nitrogens with two attached hydrogens (primary N) is 1. The summed E-state index contributed by atoms with van der Waals surface area (Å²) in [6.07, 6.45) is 1.32. The van der Waals surface area contributed by atoms with Crippen molar-refractivity contribution < 1.29 is 21.6 Å². The highest BCUT2D eigenvalue weighted by atomic mass is 79.9. The van der Waals surface area contributed by atoms with E-state index >= 15 is 0 Å². The van der Waals surface area contributed by atoms with Crippen LogP contribution in [0.25, 0.3) is 0 Å². The SMILES string of the molecule is NS(=O)(=O)c1ccccc1S(=O)(=O)NC(=O)c1ccc(Br)cn1. The summed E-state index contributed by atoms with van der Waals surface area (Å²) in [7, 11) is -8.72. The van der Waals surface area contributed by atoms with Gasteiger partial charge in [0.05, 0.1) is 0 Å². The summed E-state index contributed by atoms with van der Waals surface area (Å²) in [5.74, 6) is -0.998. The highest BCUT2D eigenvalue weighted by Crippen LogP contribution is 2.19. The third-order valence-electron chi connectivity index (χ3n) is 2.63. The van der Waals surface area contributed by atoms with Gasteiger partial charge < -0.3 is 0 Å². The van der Waals surface area contributed by atoms with Crippen molar-refractivity contribution in [2.45, 2.75) is 9.79 Å². The molecule has 1 aromatic heterocycles. The van der Waals surface area contributed by atoms with E-state index in [0.29, 0.717) is 4.47 Å². The van der Waals surface area contributed by atoms with Crippen LogP contribution in [-0.4, -0.2) is 27.7 Å². The van der Waals surface area contributed by atoms with Crippen LogP contribution in [0.4, 0.5) is 0 Å². The summed E-state index contributed by atoms with van der Waals surface area (Å²) in [5.41, 5.74) is -0.148. The predicted molar refractivity (Wildman–Crippen MR) is 84.4 cm³/mol. The fraction of sp³-hybridized carbons (Fsp3) is 0. The van der Waals surface area contributed by atoms with Gasteiger partial charge in [-0.05, 0) is 40.2 Å². The number of nitrogens with zero attached hydrogens (tertiary/aromatic N) is 1. The normalized spacial score (nSPS) is 11.9. The Morgan fingerprint density at radius 3 is 2.17 bits per heavy atom. The lowest BCUT2D eigenvalue weighted by molar-refractivity contribution is 0.0976. The molecule has 0 fully saturated rings. The molecule has 1 aromatic carbocycles. The maximum absolute atomic E-state index is 12.3. The molecule has 0 saturated heterocycles. The van der Waals surface area contributed by atoms with Crippen LogP contribution in [0.2, 0.25) is 0 Å². The molecule has 0 saturated carbocycles. The molecule has 11 heteroatoms. The molecule has 8 nitrogen and oxygen atoms in total. The summed E-state index contributed by atoms with van der Waals surface area (Å²) >= 11 is 3.13. The van der Waals surface area contributed by atoms with Crippen LogP contribution in [0.3, 0.4) is 0 Å². The lowest BCUT2D eigenvalue weighted by atomic mass is 10.3. The van der Waals surface area contributed by atoms with Crippen LogP contribution in [0.1, 0.15) is 10.5 Å². The summed E-state index contributed by atoms with van der Waals surface area (Å²) in [4.78, 5) is 14.5. The van der Waals surface area contributed by atoms with Crippen molar-refractivity contribution in [3.05, 3.63) is 52.8 Å². The molecule has 2 rings (SSSR count). The molecule has 2 aromatic rings. The van der Waals surface area contributed by atoms with Crippen molar-refractivity contribution in [2.75, 3.05) is 0 Å². The number of rotatable bonds is 4. The highest BCUT2D eigenvalue weighted by molar-refractivity contribution is 9.10. The van der Waals surface area contributed by atoms with Crippen LogP contribution in [0.15, 0.2) is 56.9 Å². The molecule has 0 unspecified atom stereocenters. The number of pyridine rings is 1. The number of primary sulfonamides is 1. The van der Waals surface area contributed by atoms with Crippen molar-refractivity contribution >= 4 is 41.9 Å². The number of nitrogens with one attached hydrogen (secondary N) is 1. The van der Waals surface area contributed by atoms with Crippen molar-refractivity contribution in [2.24, 2.45) is 5.14 Å². The van der Waals surface area contributed by atoms with E-state index in [1.54, 1.807) is 4.72 Å². The van der Waals surface area contributed by atoms with Gasteiger partial charge in [-0.2, -0.15) is 0 Å². The van der Waals surface area contributed by atoms with Crippen LogP contribution >= 0.6 is 15.9 Å². The van der Waals surface area contributed by atoms with Gasteiger partial charge >= 0.3 is 0 Å². The predicted octanol–water partition coefficient (Wildman–Crippen LogP) is 0.610. The van der Waals surface area contributed by atoms with Gasteiger partial charge in [0.25, 0.3) is 15.9 Å². The van der Waals surface area contributed by atoms with E-state index in [1.807, 2.05) is 0 Å². The molecule has 0 spiro atoms. The second kappa shape index (κ2) is 6.35. The average molecular weight is 420 g/mol. The fourth-order valence-corrected chi connectivity index (χ4v) is 4.22. The van der Waals surface area contributed by atoms with E-state index in [9.17, 15) is 21.6 Å². The Morgan fingerprint density at radius 1 is 1.04 bits per heavy atom. The zero-order chi connectivity index (χ0) is 17.3. The minimum absolute atomic E-state index is 0.148. The minimum atomic E-state index is -4.44. The van der Waals surface area contributed by atoms with E-state index in [1.165, 1.54) is 30.5 Å². The second-order valence-corrected chi connectivity index (χ2v) is 8.38. The molecule has 0 aliphatic heterocycles. The first-order chi connectivity index (χ1) is 10.6. The zero-order valence-corrected chi connectivity index (χ0v) is 14.5. The second-order valence-electron chi connectivity index (χ2n) is 4.29. The smallest absolute Gasteiger partial charge is 0.266 e. The van der Waals surface area contributed by atoms with Crippen molar-refractivity contribution in [3.63, 3.8) is 0 Å². The molecule has 1 amide bonds. The molecule has 0 radical (unpaired) electrons. The Kier molecular flexibility index (Phi) is 4.84. The zero-order valence-electron chi connectivity index (χ0n) is 11.3. The van der Waals surface area contributed by atoms with E-state index in [-0.39, 0.29) is 5.69 Å². The Morgan fingerprint density at radius 2 is 1.65 bits per heavy atom. The molecule has 0 aliphatic carbocycles. The van der Waals surface area contributed by atoms with Gasteiger partial charge in [-0.3, -0.25) is 4.79 Å². The molecular weight excluding hydrogens is 410 g/mol. The van der Waals surface area contributed by atoms with Gasteiger partial charge in [0.2, 0.25) is 10.0 Å². The first-order valence-corrected chi connectivity index (χ1v) is 9.74. The molecule has 3 N–H and O–H groups in total. The van der Waals surface area contributed by atoms with Gasteiger partial charge in [0.1, 0.15) is 15.5 Å². The number of sulfonamides is 2. The Hall–Kier alpha value is -1.82. The summed E-state index contributed by atoms with van der Waals surface area (Å²) in [5, 5.41) is 4.99. The lowest BCUT2D eigenvalue weighted by Gasteiger charge is -2.10. The van der Waals surface area contributed by atoms with Gasteiger partial charge in [0, 0.05) is 10.7 Å². The standard InChI is InChI=1S/C12H10BrN3O5S2/c13-8-5-6-9(15-7-8)12(17)16-23(20,21)11-4-2-1-3-10(11)22(14,18)19/h1-7H,(H,16,17)(H2,14,18,19). The Labute approximate surface area is 141 Å². The number of hydrogen-bond donors (Lipinski definition) is 2. The number of benzene rings is 1. The maximum Gasteiger partial charge on any atom is 0.283 e. The monoisotopic (exact) mass is 419 g/mol. The summed E-state index contributed by atoms with van der Waals surface area (Å²) in [6, 6.07) is 7.51. The van der Waals surface area contributed by atoms with Crippen LogP contribution in [0.5, 0.6) is 0 Å². The van der Waals surface area contributed by atoms with Crippen LogP contribution in [0, 0.1) is 0 Å². The van der Waals surface area contributed by atoms with Gasteiger partial charge in [-0.15, -0.1) is 0 Å². The molecule has 1 heterocycles. The minimum Gasteiger partial charge on any atom is -0.266 e. The number of halogens is 1.